The highest BCUT2D eigenvalue weighted by Crippen LogP contribution is 2.42. The van der Waals surface area contributed by atoms with E-state index in [1.165, 1.54) is 17.4 Å². The number of nitrogens with zero attached hydrogens (tertiary/aromatic N) is 1. The third-order valence-corrected chi connectivity index (χ3v) is 11.2. The molecule has 7 atom stereocenters. The molecule has 2 bridgehead atoms. The molecule has 42 heavy (non-hydrogen) atoms. The summed E-state index contributed by atoms with van der Waals surface area (Å²) in [5.41, 5.74) is 2.96. The molecule has 2 aliphatic heterocycles. The van der Waals surface area contributed by atoms with Crippen LogP contribution in [-0.4, -0.2) is 53.3 Å². The Morgan fingerprint density at radius 3 is 2.50 bits per heavy atom. The molecule has 2 aromatic carbocycles. The summed E-state index contributed by atoms with van der Waals surface area (Å²) in [5, 5.41) is 0.558. The molecule has 5 rings (SSSR count). The molecule has 1 amide bonds. The first-order valence-corrected chi connectivity index (χ1v) is 17.2. The average Bonchev–Trinajstić information content (AvgIpc) is 2.96. The van der Waals surface area contributed by atoms with Crippen LogP contribution in [0.5, 0.6) is 5.75 Å². The summed E-state index contributed by atoms with van der Waals surface area (Å²) < 4.78 is 22.0. The highest BCUT2D eigenvalue weighted by molar-refractivity contribution is 7.84. The minimum Gasteiger partial charge on any atom is -0.493 e. The smallest absolute Gasteiger partial charge is 0.262 e. The molecular formula is C34H47ClN2O4S. The molecular weight excluding hydrogens is 568 g/mol. The third-order valence-electron chi connectivity index (χ3n) is 9.44. The van der Waals surface area contributed by atoms with E-state index in [-0.39, 0.29) is 28.9 Å². The predicted molar refractivity (Wildman–Crippen MR) is 171 cm³/mol. The Hall–Kier alpha value is -2.22. The molecule has 6 nitrogen and oxygen atoms in total. The molecule has 0 spiro atoms. The lowest BCUT2D eigenvalue weighted by atomic mass is 9.66. The Bertz CT molecular complexity index is 1220. The van der Waals surface area contributed by atoms with Gasteiger partial charge in [0.2, 0.25) is 0 Å². The van der Waals surface area contributed by atoms with Crippen LogP contribution in [0.25, 0.3) is 0 Å². The number of carbonyl (C=O) groups is 2. The average molecular weight is 615 g/mol. The van der Waals surface area contributed by atoms with Crippen LogP contribution >= 0.6 is 11.6 Å². The van der Waals surface area contributed by atoms with E-state index in [0.29, 0.717) is 29.8 Å². The van der Waals surface area contributed by atoms with Gasteiger partial charge in [0.1, 0.15) is 23.0 Å². The van der Waals surface area contributed by atoms with Crippen molar-refractivity contribution in [1.82, 2.24) is 9.62 Å². The summed E-state index contributed by atoms with van der Waals surface area (Å²) in [6.45, 7) is 8.45. The molecule has 2 aromatic rings. The zero-order chi connectivity index (χ0) is 30.2. The number of nitrogens with one attached hydrogen (secondary N) is 1. The maximum atomic E-state index is 13.0. The van der Waals surface area contributed by atoms with E-state index >= 15 is 0 Å². The Morgan fingerprint density at radius 2 is 1.83 bits per heavy atom. The first-order chi connectivity index (χ1) is 20.2. The summed E-state index contributed by atoms with van der Waals surface area (Å²) in [7, 11) is 0.679. The molecule has 1 N–H and O–H groups in total. The van der Waals surface area contributed by atoms with Gasteiger partial charge in [-0.25, -0.2) is 4.21 Å². The van der Waals surface area contributed by atoms with Crippen LogP contribution < -0.4 is 9.46 Å². The van der Waals surface area contributed by atoms with Crippen molar-refractivity contribution in [3.05, 3.63) is 64.2 Å². The van der Waals surface area contributed by atoms with Crippen LogP contribution in [0.15, 0.2) is 42.5 Å². The number of hydrogen-bond acceptors (Lipinski definition) is 5. The summed E-state index contributed by atoms with van der Waals surface area (Å²) in [5.74, 6) is 1.60. The van der Waals surface area contributed by atoms with Crippen molar-refractivity contribution in [2.24, 2.45) is 23.7 Å². The SMILES string of the molecule is CCCc1cc(Cl)ccc1C1COc2ccc(cc2)C(=O)NS(=O)C(C)C(C)CCCC(C=O)C2CCC2CN(C)C1. The second kappa shape index (κ2) is 15.5. The van der Waals surface area contributed by atoms with E-state index in [1.807, 2.05) is 13.0 Å². The lowest BCUT2D eigenvalue weighted by Crippen LogP contribution is -2.42. The number of amides is 1. The summed E-state index contributed by atoms with van der Waals surface area (Å²) in [6, 6.07) is 13.2. The second-order valence-electron chi connectivity index (χ2n) is 12.5. The summed E-state index contributed by atoms with van der Waals surface area (Å²) in [4.78, 5) is 27.4. The fourth-order valence-electron chi connectivity index (χ4n) is 6.58. The number of benzene rings is 2. The normalized spacial score (nSPS) is 30.2. The van der Waals surface area contributed by atoms with Crippen molar-refractivity contribution in [3.63, 3.8) is 0 Å². The number of rotatable bonds is 4. The minimum absolute atomic E-state index is 0.0612. The van der Waals surface area contributed by atoms with E-state index in [1.54, 1.807) is 24.3 Å². The Labute approximate surface area is 259 Å². The van der Waals surface area contributed by atoms with E-state index in [4.69, 9.17) is 16.3 Å². The van der Waals surface area contributed by atoms with Crippen LogP contribution in [-0.2, 0) is 22.2 Å². The number of likely N-dealkylation sites (N-methyl/N-ethyl adjacent to an activating group) is 1. The van der Waals surface area contributed by atoms with Crippen molar-refractivity contribution in [2.75, 3.05) is 26.7 Å². The molecule has 0 saturated heterocycles. The van der Waals surface area contributed by atoms with Gasteiger partial charge in [0, 0.05) is 35.5 Å². The van der Waals surface area contributed by atoms with Gasteiger partial charge in [-0.3, -0.25) is 9.52 Å². The van der Waals surface area contributed by atoms with Crippen molar-refractivity contribution in [1.29, 1.82) is 0 Å². The highest BCUT2D eigenvalue weighted by Gasteiger charge is 2.37. The maximum Gasteiger partial charge on any atom is 0.262 e. The molecule has 3 aliphatic rings. The zero-order valence-corrected chi connectivity index (χ0v) is 27.1. The van der Waals surface area contributed by atoms with Crippen LogP contribution in [0.3, 0.4) is 0 Å². The topological polar surface area (TPSA) is 75.7 Å². The standard InChI is InChI=1S/C34H47ClN2O4S/c1-5-7-26-18-30(35)13-17-32(26)29-20-37(4)19-27-12-16-33(27)28(21-38)9-6-8-23(2)24(3)42(40)36-34(39)25-10-14-31(15-11-25)41-22-29/h10-11,13-15,17-18,21,23-24,27-29,33H,5-9,12,16,19-20,22H2,1-4H3,(H,36,39). The molecule has 1 saturated carbocycles. The lowest BCUT2D eigenvalue weighted by molar-refractivity contribution is -0.115. The fourth-order valence-corrected chi connectivity index (χ4v) is 7.82. The van der Waals surface area contributed by atoms with E-state index in [2.05, 4.69) is 42.6 Å². The number of fused-ring (bicyclic) bond motifs is 15. The first-order valence-electron chi connectivity index (χ1n) is 15.6. The number of halogens is 1. The van der Waals surface area contributed by atoms with Crippen LogP contribution in [0.2, 0.25) is 5.02 Å². The van der Waals surface area contributed by atoms with Crippen LogP contribution in [0, 0.1) is 23.7 Å². The van der Waals surface area contributed by atoms with Gasteiger partial charge in [-0.15, -0.1) is 0 Å². The van der Waals surface area contributed by atoms with Gasteiger partial charge in [-0.05, 0) is 111 Å². The Morgan fingerprint density at radius 1 is 1.07 bits per heavy atom. The van der Waals surface area contributed by atoms with E-state index in [9.17, 15) is 13.8 Å². The number of aldehydes is 1. The number of carbonyl (C=O) groups excluding carboxylic acids is 2. The second-order valence-corrected chi connectivity index (χ2v) is 14.5. The first kappa shape index (κ1) is 32.7. The van der Waals surface area contributed by atoms with Gasteiger partial charge in [-0.1, -0.05) is 44.4 Å². The minimum atomic E-state index is -1.50. The fraction of sp³-hybridized carbons (Fsp3) is 0.588. The van der Waals surface area contributed by atoms with Crippen molar-refractivity contribution >= 4 is 34.8 Å². The van der Waals surface area contributed by atoms with E-state index in [0.717, 1.165) is 63.1 Å². The third kappa shape index (κ3) is 8.45. The van der Waals surface area contributed by atoms with Crippen molar-refractivity contribution in [2.45, 2.75) is 76.9 Å². The molecule has 230 valence electrons. The molecule has 0 radical (unpaired) electrons. The van der Waals surface area contributed by atoms with Crippen LogP contribution in [0.4, 0.5) is 0 Å². The number of ether oxygens (including phenoxy) is 1. The van der Waals surface area contributed by atoms with Crippen molar-refractivity contribution < 1.29 is 18.5 Å². The van der Waals surface area contributed by atoms with Gasteiger partial charge in [-0.2, -0.15) is 0 Å². The quantitative estimate of drug-likeness (QED) is 0.382. The molecule has 1 fully saturated rings. The highest BCUT2D eigenvalue weighted by atomic mass is 35.5. The molecule has 1 aliphatic carbocycles. The molecule has 8 heteroatoms. The zero-order valence-electron chi connectivity index (χ0n) is 25.5. The van der Waals surface area contributed by atoms with E-state index < -0.39 is 11.0 Å². The molecule has 0 aromatic heterocycles. The van der Waals surface area contributed by atoms with Gasteiger partial charge in [0.25, 0.3) is 5.91 Å². The maximum absolute atomic E-state index is 13.0. The van der Waals surface area contributed by atoms with Crippen LogP contribution in [0.1, 0.15) is 86.7 Å². The lowest BCUT2D eigenvalue weighted by Gasteiger charge is -2.42. The number of aryl methyl sites for hydroxylation is 1. The Kier molecular flexibility index (Phi) is 12.1. The number of hydrogen-bond donors (Lipinski definition) is 1. The van der Waals surface area contributed by atoms with Gasteiger partial charge in [0.15, 0.2) is 0 Å². The van der Waals surface area contributed by atoms with Gasteiger partial charge < -0.3 is 14.4 Å². The van der Waals surface area contributed by atoms with Gasteiger partial charge >= 0.3 is 0 Å². The Balaban J connectivity index is 1.59. The van der Waals surface area contributed by atoms with Crippen molar-refractivity contribution in [3.8, 4) is 5.75 Å². The monoisotopic (exact) mass is 614 g/mol. The predicted octanol–water partition coefficient (Wildman–Crippen LogP) is 6.83. The largest absolute Gasteiger partial charge is 0.493 e. The summed E-state index contributed by atoms with van der Waals surface area (Å²) >= 11 is 6.40. The van der Waals surface area contributed by atoms with Gasteiger partial charge in [0.05, 0.1) is 11.9 Å². The molecule has 7 unspecified atom stereocenters. The molecule has 2 heterocycles. The summed E-state index contributed by atoms with van der Waals surface area (Å²) in [6.07, 6.45) is 8.05.